The summed E-state index contributed by atoms with van der Waals surface area (Å²) in [4.78, 5) is 0. The Hall–Kier alpha value is -0.410. The van der Waals surface area contributed by atoms with Gasteiger partial charge < -0.3 is 5.73 Å². The van der Waals surface area contributed by atoms with Gasteiger partial charge >= 0.3 is 0 Å². The average molecular weight is 314 g/mol. The van der Waals surface area contributed by atoms with Gasteiger partial charge in [-0.1, -0.05) is 25.8 Å². The van der Waals surface area contributed by atoms with Crippen LogP contribution in [0.25, 0.3) is 0 Å². The fraction of sp³-hybridized carbons (Fsp3) is 0.600. The average Bonchev–Trinajstić information content (AvgIpc) is 2.34. The number of benzene rings is 1. The molecule has 2 rings (SSSR count). The summed E-state index contributed by atoms with van der Waals surface area (Å²) in [6, 6.07) is 5.40. The predicted octanol–water partition coefficient (Wildman–Crippen LogP) is 4.28. The van der Waals surface area contributed by atoms with Crippen LogP contribution in [0.15, 0.2) is 22.7 Å². The van der Waals surface area contributed by atoms with E-state index in [1.165, 1.54) is 31.7 Å². The van der Waals surface area contributed by atoms with Gasteiger partial charge in [-0.05, 0) is 64.7 Å². The summed E-state index contributed by atoms with van der Waals surface area (Å²) in [5.74, 6) is 1.28. The van der Waals surface area contributed by atoms with E-state index in [4.69, 9.17) is 5.73 Å². The third kappa shape index (κ3) is 3.55. The van der Waals surface area contributed by atoms with Gasteiger partial charge in [0.2, 0.25) is 0 Å². The van der Waals surface area contributed by atoms with Crippen LogP contribution < -0.4 is 5.73 Å². The molecule has 1 saturated carbocycles. The van der Waals surface area contributed by atoms with E-state index in [2.05, 4.69) is 22.9 Å². The van der Waals surface area contributed by atoms with Crippen molar-refractivity contribution in [2.75, 3.05) is 0 Å². The lowest BCUT2D eigenvalue weighted by Gasteiger charge is -2.30. The quantitative estimate of drug-likeness (QED) is 0.885. The molecule has 0 radical (unpaired) electrons. The summed E-state index contributed by atoms with van der Waals surface area (Å²) >= 11 is 3.22. The Morgan fingerprint density at radius 2 is 2.00 bits per heavy atom. The third-order valence-electron chi connectivity index (χ3n) is 4.12. The largest absolute Gasteiger partial charge is 0.327 e. The van der Waals surface area contributed by atoms with Crippen molar-refractivity contribution < 1.29 is 4.39 Å². The van der Waals surface area contributed by atoms with Crippen LogP contribution in [0.1, 0.15) is 38.2 Å². The van der Waals surface area contributed by atoms with Gasteiger partial charge in [-0.2, -0.15) is 0 Å². The molecule has 1 fully saturated rings. The van der Waals surface area contributed by atoms with Gasteiger partial charge in [-0.25, -0.2) is 4.39 Å². The maximum absolute atomic E-state index is 13.2. The first-order valence-corrected chi connectivity index (χ1v) is 7.55. The van der Waals surface area contributed by atoms with Crippen LogP contribution >= 0.6 is 15.9 Å². The highest BCUT2D eigenvalue weighted by molar-refractivity contribution is 9.10. The minimum atomic E-state index is -0.209. The molecular formula is C15H21BrFN. The Morgan fingerprint density at radius 1 is 1.33 bits per heavy atom. The Bertz CT molecular complexity index is 399. The highest BCUT2D eigenvalue weighted by Gasteiger charge is 2.23. The minimum Gasteiger partial charge on any atom is -0.327 e. The molecule has 0 aliphatic heterocycles. The van der Waals surface area contributed by atoms with E-state index in [0.717, 1.165) is 17.9 Å². The lowest BCUT2D eigenvalue weighted by atomic mass is 9.78. The summed E-state index contributed by atoms with van der Waals surface area (Å²) in [6.45, 7) is 2.32. The molecule has 1 unspecified atom stereocenters. The second-order valence-electron chi connectivity index (χ2n) is 5.64. The van der Waals surface area contributed by atoms with Crippen molar-refractivity contribution in [2.24, 2.45) is 17.6 Å². The van der Waals surface area contributed by atoms with E-state index in [1.54, 1.807) is 0 Å². The first kappa shape index (κ1) is 14.0. The molecule has 0 bridgehead atoms. The van der Waals surface area contributed by atoms with Gasteiger partial charge in [-0.15, -0.1) is 0 Å². The van der Waals surface area contributed by atoms with Crippen LogP contribution in [0.3, 0.4) is 0 Å². The SMILES string of the molecule is CC1CCC(C(N)Cc2ccc(F)c(Br)c2)CC1. The van der Waals surface area contributed by atoms with Crippen molar-refractivity contribution in [1.29, 1.82) is 0 Å². The van der Waals surface area contributed by atoms with E-state index < -0.39 is 0 Å². The molecule has 1 aromatic rings. The van der Waals surface area contributed by atoms with E-state index in [9.17, 15) is 4.39 Å². The van der Waals surface area contributed by atoms with Crippen LogP contribution in [0, 0.1) is 17.7 Å². The first-order chi connectivity index (χ1) is 8.56. The second kappa shape index (κ2) is 6.16. The molecule has 1 atom stereocenters. The van der Waals surface area contributed by atoms with Crippen LogP contribution in [0.4, 0.5) is 4.39 Å². The smallest absolute Gasteiger partial charge is 0.137 e. The normalized spacial score (nSPS) is 26.0. The fourth-order valence-corrected chi connectivity index (χ4v) is 3.25. The molecule has 100 valence electrons. The summed E-state index contributed by atoms with van der Waals surface area (Å²) in [6.07, 6.45) is 5.92. The lowest BCUT2D eigenvalue weighted by Crippen LogP contribution is -2.34. The molecule has 1 aliphatic carbocycles. The van der Waals surface area contributed by atoms with Crippen LogP contribution in [0.2, 0.25) is 0 Å². The van der Waals surface area contributed by atoms with Crippen LogP contribution in [-0.2, 0) is 6.42 Å². The van der Waals surface area contributed by atoms with E-state index in [0.29, 0.717) is 10.4 Å². The molecule has 0 spiro atoms. The number of halogens is 2. The topological polar surface area (TPSA) is 26.0 Å². The number of hydrogen-bond acceptors (Lipinski definition) is 1. The van der Waals surface area contributed by atoms with E-state index in [1.807, 2.05) is 12.1 Å². The summed E-state index contributed by atoms with van der Waals surface area (Å²) in [7, 11) is 0. The molecule has 2 N–H and O–H groups in total. The molecular weight excluding hydrogens is 293 g/mol. The standard InChI is InChI=1S/C15H21BrFN/c1-10-2-5-12(6-3-10)15(18)9-11-4-7-14(17)13(16)8-11/h4,7-8,10,12,15H,2-3,5-6,9,18H2,1H3. The molecule has 3 heteroatoms. The maximum Gasteiger partial charge on any atom is 0.137 e. The monoisotopic (exact) mass is 313 g/mol. The van der Waals surface area contributed by atoms with Gasteiger partial charge in [0, 0.05) is 6.04 Å². The van der Waals surface area contributed by atoms with Gasteiger partial charge in [0.1, 0.15) is 5.82 Å². The van der Waals surface area contributed by atoms with Gasteiger partial charge in [-0.3, -0.25) is 0 Å². The second-order valence-corrected chi connectivity index (χ2v) is 6.49. The maximum atomic E-state index is 13.2. The van der Waals surface area contributed by atoms with Gasteiger partial charge in [0.05, 0.1) is 4.47 Å². The number of hydrogen-bond donors (Lipinski definition) is 1. The molecule has 0 heterocycles. The predicted molar refractivity (Wildman–Crippen MR) is 76.9 cm³/mol. The van der Waals surface area contributed by atoms with Crippen molar-refractivity contribution in [3.05, 3.63) is 34.1 Å². The van der Waals surface area contributed by atoms with E-state index >= 15 is 0 Å². The molecule has 0 saturated heterocycles. The highest BCUT2D eigenvalue weighted by Crippen LogP contribution is 2.31. The number of rotatable bonds is 3. The summed E-state index contributed by atoms with van der Waals surface area (Å²) in [5, 5.41) is 0. The van der Waals surface area contributed by atoms with Gasteiger partial charge in [0.25, 0.3) is 0 Å². The molecule has 1 aliphatic rings. The van der Waals surface area contributed by atoms with Crippen molar-refractivity contribution in [3.8, 4) is 0 Å². The molecule has 18 heavy (non-hydrogen) atoms. The van der Waals surface area contributed by atoms with Crippen LogP contribution in [0.5, 0.6) is 0 Å². The molecule has 1 nitrogen and oxygen atoms in total. The van der Waals surface area contributed by atoms with Crippen LogP contribution in [-0.4, -0.2) is 6.04 Å². The minimum absolute atomic E-state index is 0.204. The Labute approximate surface area is 117 Å². The van der Waals surface area contributed by atoms with Crippen molar-refractivity contribution >= 4 is 15.9 Å². The molecule has 1 aromatic carbocycles. The zero-order chi connectivity index (χ0) is 13.1. The zero-order valence-corrected chi connectivity index (χ0v) is 12.4. The summed E-state index contributed by atoms with van der Waals surface area (Å²) < 4.78 is 13.7. The zero-order valence-electron chi connectivity index (χ0n) is 10.8. The summed E-state index contributed by atoms with van der Waals surface area (Å²) in [5.41, 5.74) is 7.42. The molecule has 0 amide bonds. The third-order valence-corrected chi connectivity index (χ3v) is 4.73. The fourth-order valence-electron chi connectivity index (χ4n) is 2.82. The van der Waals surface area contributed by atoms with Crippen molar-refractivity contribution in [1.82, 2.24) is 0 Å². The Kier molecular flexibility index (Phi) is 4.79. The Balaban J connectivity index is 1.94. The lowest BCUT2D eigenvalue weighted by molar-refractivity contribution is 0.253. The van der Waals surface area contributed by atoms with Crippen molar-refractivity contribution in [2.45, 2.75) is 45.1 Å². The highest BCUT2D eigenvalue weighted by atomic mass is 79.9. The van der Waals surface area contributed by atoms with Crippen molar-refractivity contribution in [3.63, 3.8) is 0 Å². The number of nitrogens with two attached hydrogens (primary N) is 1. The van der Waals surface area contributed by atoms with E-state index in [-0.39, 0.29) is 11.9 Å². The first-order valence-electron chi connectivity index (χ1n) is 6.75. The molecule has 0 aromatic heterocycles. The Morgan fingerprint density at radius 3 is 2.61 bits per heavy atom. The van der Waals surface area contributed by atoms with Gasteiger partial charge in [0.15, 0.2) is 0 Å².